The van der Waals surface area contributed by atoms with Crippen LogP contribution in [-0.4, -0.2) is 0 Å². The average Bonchev–Trinajstić information content (AvgIpc) is 3.43. The molecule has 6 aromatic carbocycles. The Morgan fingerprint density at radius 3 is 0.435 bits per heavy atom. The van der Waals surface area contributed by atoms with Crippen molar-refractivity contribution in [2.45, 2.75) is 180 Å². The molecule has 0 amide bonds. The normalized spacial score (nSPS) is 7.19. The Hall–Kier alpha value is -4.68. The van der Waals surface area contributed by atoms with E-state index in [4.69, 9.17) is 0 Å². The largest absolute Gasteiger partial charge is 0.0683 e. The van der Waals surface area contributed by atoms with Gasteiger partial charge in [-0.25, -0.2) is 0 Å². The van der Waals surface area contributed by atoms with Gasteiger partial charge in [0.05, 0.1) is 0 Å². The predicted octanol–water partition coefficient (Wildman–Crippen LogP) is 23.0. The van der Waals surface area contributed by atoms with E-state index in [0.29, 0.717) is 0 Å². The summed E-state index contributed by atoms with van der Waals surface area (Å²) in [5.41, 5.74) is 10.2. The molecule has 0 aliphatic heterocycles. The predicted molar refractivity (Wildman–Crippen MR) is 301 cm³/mol. The molecular formula is C62H106. The van der Waals surface area contributed by atoms with Crippen LogP contribution in [0.5, 0.6) is 0 Å². The first-order chi connectivity index (χ1) is 30.7. The molecule has 0 radical (unpaired) electrons. The van der Waals surface area contributed by atoms with Crippen LogP contribution in [0.15, 0.2) is 170 Å². The van der Waals surface area contributed by atoms with E-state index >= 15 is 0 Å². The molecular weight excluding hydrogens is 745 g/mol. The third-order valence-electron chi connectivity index (χ3n) is 6.20. The third-order valence-corrected chi connectivity index (χ3v) is 6.20. The van der Waals surface area contributed by atoms with Crippen LogP contribution >= 0.6 is 0 Å². The van der Waals surface area contributed by atoms with E-state index in [0.717, 1.165) is 0 Å². The molecule has 0 unspecified atom stereocenters. The van der Waals surface area contributed by atoms with Crippen molar-refractivity contribution < 1.29 is 0 Å². The minimum atomic E-state index is 1.26. The van der Waals surface area contributed by atoms with Crippen molar-refractivity contribution in [3.05, 3.63) is 181 Å². The number of aryl methyl sites for hydroxylation is 2. The van der Waals surface area contributed by atoms with Gasteiger partial charge in [-0.05, 0) is 47.2 Å². The maximum Gasteiger partial charge on any atom is -0.0184 e. The second kappa shape index (κ2) is 77.0. The van der Waals surface area contributed by atoms with Gasteiger partial charge in [-0.2, -0.15) is 0 Å². The lowest BCUT2D eigenvalue weighted by molar-refractivity contribution is 1.47. The van der Waals surface area contributed by atoms with Crippen LogP contribution in [0.1, 0.15) is 177 Å². The van der Waals surface area contributed by atoms with E-state index in [1.165, 1.54) is 44.5 Å². The lowest BCUT2D eigenvalue weighted by Crippen LogP contribution is -1.79. The molecule has 0 heterocycles. The van der Waals surface area contributed by atoms with Crippen LogP contribution in [0.3, 0.4) is 0 Å². The number of hydrogen-bond donors (Lipinski definition) is 0. The van der Waals surface area contributed by atoms with E-state index in [2.05, 4.69) is 147 Å². The van der Waals surface area contributed by atoms with E-state index in [9.17, 15) is 0 Å². The molecule has 0 heteroatoms. The SMILES string of the molecule is CC.CC.CC.CC.CC.CC.CC.CC.CC.CC.CC.CC.Cc1ccc(-c2ccccc2)cc1.Cc1ccccc1.c1ccc(-c2ccc(-c3ccccc3)cc2)cc1. The molecule has 0 saturated carbocycles. The fourth-order valence-corrected chi connectivity index (χ4v) is 4.03. The number of benzene rings is 6. The van der Waals surface area contributed by atoms with Gasteiger partial charge in [0.1, 0.15) is 0 Å². The van der Waals surface area contributed by atoms with E-state index in [-0.39, 0.29) is 0 Å². The third kappa shape index (κ3) is 46.4. The van der Waals surface area contributed by atoms with E-state index < -0.39 is 0 Å². The molecule has 0 N–H and O–H groups in total. The molecule has 0 nitrogen and oxygen atoms in total. The summed E-state index contributed by atoms with van der Waals surface area (Å²) in [4.78, 5) is 0. The molecule has 354 valence electrons. The second-order valence-electron chi connectivity index (χ2n) is 9.20. The van der Waals surface area contributed by atoms with Crippen molar-refractivity contribution in [2.24, 2.45) is 0 Å². The smallest absolute Gasteiger partial charge is 0.0184 e. The molecule has 0 bridgehead atoms. The monoisotopic (exact) mass is 851 g/mol. The van der Waals surface area contributed by atoms with Crippen molar-refractivity contribution in [2.75, 3.05) is 0 Å². The van der Waals surface area contributed by atoms with Crippen molar-refractivity contribution in [1.29, 1.82) is 0 Å². The van der Waals surface area contributed by atoms with Crippen LogP contribution in [0.4, 0.5) is 0 Å². The second-order valence-corrected chi connectivity index (χ2v) is 9.20. The van der Waals surface area contributed by atoms with Crippen LogP contribution < -0.4 is 0 Å². The minimum Gasteiger partial charge on any atom is -0.0683 e. The molecule has 6 rings (SSSR count). The molecule has 0 fully saturated rings. The first-order valence-corrected chi connectivity index (χ1v) is 25.0. The topological polar surface area (TPSA) is 0 Å². The quantitative estimate of drug-likeness (QED) is 0.166. The number of rotatable bonds is 3. The van der Waals surface area contributed by atoms with Crippen molar-refractivity contribution in [3.63, 3.8) is 0 Å². The maximum atomic E-state index is 2.18. The Morgan fingerprint density at radius 1 is 0.145 bits per heavy atom. The summed E-state index contributed by atoms with van der Waals surface area (Å²) in [5, 5.41) is 0. The van der Waals surface area contributed by atoms with Gasteiger partial charge in [-0.3, -0.25) is 0 Å². The number of hydrogen-bond acceptors (Lipinski definition) is 0. The molecule has 0 saturated heterocycles. The molecule has 0 spiro atoms. The van der Waals surface area contributed by atoms with Gasteiger partial charge in [0.2, 0.25) is 0 Å². The van der Waals surface area contributed by atoms with Crippen molar-refractivity contribution in [3.8, 4) is 33.4 Å². The fourth-order valence-electron chi connectivity index (χ4n) is 4.03. The molecule has 0 atom stereocenters. The van der Waals surface area contributed by atoms with Crippen LogP contribution in [0.25, 0.3) is 33.4 Å². The Balaban J connectivity index is -0.0000000808. The van der Waals surface area contributed by atoms with Gasteiger partial charge in [-0.15, -0.1) is 0 Å². The van der Waals surface area contributed by atoms with Gasteiger partial charge in [0, 0.05) is 0 Å². The average molecular weight is 852 g/mol. The van der Waals surface area contributed by atoms with Gasteiger partial charge < -0.3 is 0 Å². The Bertz CT molecular complexity index is 1390. The standard InChI is InChI=1S/C18H14.C13H12.C7H8.12C2H6/c1-3-7-15(8-4-1)17-11-13-18(14-12-17)16-9-5-2-6-10-16;1-11-7-9-13(10-8-11)12-5-3-2-4-6-12;1-7-5-3-2-4-6-7;12*1-2/h1-14H;2-10H,1H3;2-6H,1H3;12*1-2H3. The molecule has 0 aliphatic rings. The van der Waals surface area contributed by atoms with E-state index in [1.54, 1.807) is 0 Å². The molecule has 0 aromatic heterocycles. The Kier molecular flexibility index (Phi) is 96.7. The van der Waals surface area contributed by atoms with Crippen molar-refractivity contribution >= 4 is 0 Å². The Labute approximate surface area is 392 Å². The van der Waals surface area contributed by atoms with Crippen molar-refractivity contribution in [1.82, 2.24) is 0 Å². The summed E-state index contributed by atoms with van der Waals surface area (Å²) >= 11 is 0. The minimum absolute atomic E-state index is 1.26. The first kappa shape index (κ1) is 77.9. The Morgan fingerprint density at radius 2 is 0.274 bits per heavy atom. The fraction of sp³-hybridized carbons (Fsp3) is 0.419. The summed E-state index contributed by atoms with van der Waals surface area (Å²) in [7, 11) is 0. The molecule has 0 aliphatic carbocycles. The highest BCUT2D eigenvalue weighted by atomic mass is 14.0. The summed E-state index contributed by atoms with van der Waals surface area (Å²) in [5.74, 6) is 0. The summed E-state index contributed by atoms with van der Waals surface area (Å²) < 4.78 is 0. The summed E-state index contributed by atoms with van der Waals surface area (Å²) in [6.45, 7) is 52.2. The van der Waals surface area contributed by atoms with Crippen LogP contribution in [0.2, 0.25) is 0 Å². The lowest BCUT2D eigenvalue weighted by atomic mass is 10.0. The zero-order valence-electron chi connectivity index (χ0n) is 46.2. The highest BCUT2D eigenvalue weighted by Crippen LogP contribution is 2.24. The lowest BCUT2D eigenvalue weighted by Gasteiger charge is -2.04. The van der Waals surface area contributed by atoms with Gasteiger partial charge in [0.25, 0.3) is 0 Å². The summed E-state index contributed by atoms with van der Waals surface area (Å²) in [6.07, 6.45) is 0. The van der Waals surface area contributed by atoms with Gasteiger partial charge in [0.15, 0.2) is 0 Å². The maximum absolute atomic E-state index is 2.18. The summed E-state index contributed by atoms with van der Waals surface area (Å²) in [6, 6.07) is 58.9. The van der Waals surface area contributed by atoms with Gasteiger partial charge >= 0.3 is 0 Å². The van der Waals surface area contributed by atoms with E-state index in [1.807, 2.05) is 203 Å². The zero-order chi connectivity index (χ0) is 50.4. The molecule has 6 aromatic rings. The zero-order valence-corrected chi connectivity index (χ0v) is 46.2. The first-order valence-electron chi connectivity index (χ1n) is 25.0. The van der Waals surface area contributed by atoms with Crippen LogP contribution in [0, 0.1) is 13.8 Å². The van der Waals surface area contributed by atoms with Crippen LogP contribution in [-0.2, 0) is 0 Å². The van der Waals surface area contributed by atoms with Gasteiger partial charge in [-0.1, -0.05) is 347 Å². The molecule has 62 heavy (non-hydrogen) atoms. The highest BCUT2D eigenvalue weighted by Gasteiger charge is 1.99. The highest BCUT2D eigenvalue weighted by molar-refractivity contribution is 5.70.